The number of aryl methyl sites for hydroxylation is 2. The van der Waals surface area contributed by atoms with Gasteiger partial charge in [-0.3, -0.25) is 14.3 Å². The zero-order valence-corrected chi connectivity index (χ0v) is 13.3. The van der Waals surface area contributed by atoms with Crippen molar-refractivity contribution in [2.24, 2.45) is 13.0 Å². The van der Waals surface area contributed by atoms with Crippen LogP contribution in [0.5, 0.6) is 0 Å². The topological polar surface area (TPSA) is 67.2 Å². The second-order valence-electron chi connectivity index (χ2n) is 5.79. The molecular formula is C17H20N4O2. The van der Waals surface area contributed by atoms with E-state index in [0.29, 0.717) is 12.4 Å². The highest BCUT2D eigenvalue weighted by Gasteiger charge is 2.35. The molecule has 120 valence electrons. The Kier molecular flexibility index (Phi) is 4.14. The van der Waals surface area contributed by atoms with Gasteiger partial charge in [0.15, 0.2) is 5.82 Å². The van der Waals surface area contributed by atoms with Crippen LogP contribution in [-0.2, 0) is 23.1 Å². The van der Waals surface area contributed by atoms with Gasteiger partial charge in [0.1, 0.15) is 0 Å². The number of benzene rings is 1. The van der Waals surface area contributed by atoms with Crippen LogP contribution in [0, 0.1) is 5.92 Å². The van der Waals surface area contributed by atoms with Crippen LogP contribution >= 0.6 is 0 Å². The molecule has 1 unspecified atom stereocenters. The molecule has 6 heteroatoms. The zero-order chi connectivity index (χ0) is 16.4. The molecule has 1 aromatic carbocycles. The Morgan fingerprint density at radius 1 is 1.30 bits per heavy atom. The van der Waals surface area contributed by atoms with E-state index in [1.807, 2.05) is 24.3 Å². The van der Waals surface area contributed by atoms with E-state index >= 15 is 0 Å². The third-order valence-corrected chi connectivity index (χ3v) is 4.12. The van der Waals surface area contributed by atoms with Crippen molar-refractivity contribution in [3.63, 3.8) is 0 Å². The second-order valence-corrected chi connectivity index (χ2v) is 5.79. The summed E-state index contributed by atoms with van der Waals surface area (Å²) in [6, 6.07) is 9.65. The minimum Gasteiger partial charge on any atom is -0.312 e. The molecule has 1 saturated heterocycles. The van der Waals surface area contributed by atoms with Crippen LogP contribution in [0.2, 0.25) is 0 Å². The van der Waals surface area contributed by atoms with Crippen molar-refractivity contribution in [2.75, 3.05) is 16.8 Å². The van der Waals surface area contributed by atoms with E-state index in [1.54, 1.807) is 28.9 Å². The van der Waals surface area contributed by atoms with Gasteiger partial charge in [0, 0.05) is 38.0 Å². The number of rotatable bonds is 4. The summed E-state index contributed by atoms with van der Waals surface area (Å²) >= 11 is 0. The lowest BCUT2D eigenvalue weighted by Crippen LogP contribution is -2.28. The lowest BCUT2D eigenvalue weighted by molar-refractivity contribution is -0.122. The van der Waals surface area contributed by atoms with Gasteiger partial charge in [0.25, 0.3) is 0 Å². The van der Waals surface area contributed by atoms with E-state index in [4.69, 9.17) is 0 Å². The Labute approximate surface area is 135 Å². The average molecular weight is 312 g/mol. The van der Waals surface area contributed by atoms with Gasteiger partial charge in [-0.25, -0.2) is 0 Å². The van der Waals surface area contributed by atoms with Crippen LogP contribution in [0.4, 0.5) is 11.5 Å². The van der Waals surface area contributed by atoms with Gasteiger partial charge in [0.05, 0.1) is 5.92 Å². The van der Waals surface area contributed by atoms with Crippen molar-refractivity contribution in [1.29, 1.82) is 0 Å². The smallest absolute Gasteiger partial charge is 0.231 e. The molecule has 6 nitrogen and oxygen atoms in total. The largest absolute Gasteiger partial charge is 0.312 e. The number of nitrogens with one attached hydrogen (secondary N) is 1. The fraction of sp³-hybridized carbons (Fsp3) is 0.353. The summed E-state index contributed by atoms with van der Waals surface area (Å²) in [5.74, 6) is -0.0220. The van der Waals surface area contributed by atoms with Gasteiger partial charge in [-0.05, 0) is 24.1 Å². The fourth-order valence-corrected chi connectivity index (χ4v) is 2.75. The summed E-state index contributed by atoms with van der Waals surface area (Å²) < 4.78 is 1.62. The molecule has 0 aliphatic carbocycles. The predicted octanol–water partition coefficient (Wildman–Crippen LogP) is 1.97. The first-order valence-electron chi connectivity index (χ1n) is 7.76. The zero-order valence-electron chi connectivity index (χ0n) is 13.3. The molecule has 0 bridgehead atoms. The van der Waals surface area contributed by atoms with E-state index in [0.717, 1.165) is 12.1 Å². The number of carbonyl (C=O) groups is 2. The maximum absolute atomic E-state index is 12.3. The highest BCUT2D eigenvalue weighted by atomic mass is 16.2. The molecule has 2 heterocycles. The molecule has 1 aromatic heterocycles. The summed E-state index contributed by atoms with van der Waals surface area (Å²) in [6.07, 6.45) is 2.95. The van der Waals surface area contributed by atoms with E-state index in [1.165, 1.54) is 5.56 Å². The molecule has 23 heavy (non-hydrogen) atoms. The van der Waals surface area contributed by atoms with Crippen molar-refractivity contribution in [3.05, 3.63) is 42.1 Å². The minimum absolute atomic E-state index is 0.0181. The summed E-state index contributed by atoms with van der Waals surface area (Å²) in [4.78, 5) is 26.2. The molecule has 1 N–H and O–H groups in total. The number of nitrogens with zero attached hydrogens (tertiary/aromatic N) is 3. The first-order valence-corrected chi connectivity index (χ1v) is 7.76. The Bertz CT molecular complexity index is 720. The number of carbonyl (C=O) groups excluding carboxylic acids is 2. The maximum atomic E-state index is 12.3. The van der Waals surface area contributed by atoms with Crippen LogP contribution in [0.25, 0.3) is 0 Å². The van der Waals surface area contributed by atoms with E-state index in [2.05, 4.69) is 17.3 Å². The summed E-state index contributed by atoms with van der Waals surface area (Å²) in [6.45, 7) is 2.50. The summed E-state index contributed by atoms with van der Waals surface area (Å²) in [7, 11) is 1.79. The molecule has 0 spiro atoms. The Morgan fingerprint density at radius 2 is 2.04 bits per heavy atom. The SMILES string of the molecule is CCc1ccc(N2CC(C(=O)Nc3ccn(C)n3)CC2=O)cc1. The summed E-state index contributed by atoms with van der Waals surface area (Å²) in [5, 5.41) is 6.89. The quantitative estimate of drug-likeness (QED) is 0.938. The predicted molar refractivity (Wildman–Crippen MR) is 88.1 cm³/mol. The third kappa shape index (κ3) is 3.26. The highest BCUT2D eigenvalue weighted by Crippen LogP contribution is 2.26. The second kappa shape index (κ2) is 6.24. The van der Waals surface area contributed by atoms with Crippen LogP contribution in [-0.4, -0.2) is 28.1 Å². The number of amides is 2. The number of hydrogen-bond acceptors (Lipinski definition) is 3. The maximum Gasteiger partial charge on any atom is 0.231 e. The molecule has 1 fully saturated rings. The molecular weight excluding hydrogens is 292 g/mol. The molecule has 1 atom stereocenters. The lowest BCUT2D eigenvalue weighted by Gasteiger charge is -2.17. The van der Waals surface area contributed by atoms with Gasteiger partial charge in [-0.1, -0.05) is 19.1 Å². The van der Waals surface area contributed by atoms with Crippen LogP contribution in [0.1, 0.15) is 18.9 Å². The molecule has 2 aromatic rings. The van der Waals surface area contributed by atoms with Crippen molar-refractivity contribution in [3.8, 4) is 0 Å². The van der Waals surface area contributed by atoms with Gasteiger partial charge < -0.3 is 10.2 Å². The number of anilines is 2. The molecule has 3 rings (SSSR count). The van der Waals surface area contributed by atoms with E-state index < -0.39 is 0 Å². The van der Waals surface area contributed by atoms with Gasteiger partial charge in [0.2, 0.25) is 11.8 Å². The Hall–Kier alpha value is -2.63. The normalized spacial score (nSPS) is 17.6. The molecule has 0 saturated carbocycles. The Morgan fingerprint density at radius 3 is 2.65 bits per heavy atom. The molecule has 0 radical (unpaired) electrons. The number of hydrogen-bond donors (Lipinski definition) is 1. The monoisotopic (exact) mass is 312 g/mol. The third-order valence-electron chi connectivity index (χ3n) is 4.12. The van der Waals surface area contributed by atoms with Gasteiger partial charge in [-0.15, -0.1) is 0 Å². The van der Waals surface area contributed by atoms with Gasteiger partial charge in [-0.2, -0.15) is 5.10 Å². The molecule has 2 amide bonds. The van der Waals surface area contributed by atoms with Crippen molar-refractivity contribution in [1.82, 2.24) is 9.78 Å². The van der Waals surface area contributed by atoms with Crippen LogP contribution in [0.3, 0.4) is 0 Å². The molecule has 1 aliphatic rings. The van der Waals surface area contributed by atoms with E-state index in [9.17, 15) is 9.59 Å². The standard InChI is InChI=1S/C17H20N4O2/c1-3-12-4-6-14(7-5-12)21-11-13(10-16(21)22)17(23)18-15-8-9-20(2)19-15/h4-9,13H,3,10-11H2,1-2H3,(H,18,19,23). The van der Waals surface area contributed by atoms with Crippen molar-refractivity contribution >= 4 is 23.3 Å². The lowest BCUT2D eigenvalue weighted by atomic mass is 10.1. The summed E-state index contributed by atoms with van der Waals surface area (Å²) in [5.41, 5.74) is 2.07. The number of aromatic nitrogens is 2. The van der Waals surface area contributed by atoms with E-state index in [-0.39, 0.29) is 24.2 Å². The first-order chi connectivity index (χ1) is 11.1. The van der Waals surface area contributed by atoms with Gasteiger partial charge >= 0.3 is 0 Å². The Balaban J connectivity index is 1.67. The molecule has 1 aliphatic heterocycles. The first kappa shape index (κ1) is 15.3. The van der Waals surface area contributed by atoms with Crippen molar-refractivity contribution in [2.45, 2.75) is 19.8 Å². The minimum atomic E-state index is -0.352. The van der Waals surface area contributed by atoms with Crippen molar-refractivity contribution < 1.29 is 9.59 Å². The van der Waals surface area contributed by atoms with Crippen LogP contribution in [0.15, 0.2) is 36.5 Å². The van der Waals surface area contributed by atoms with Crippen LogP contribution < -0.4 is 10.2 Å². The average Bonchev–Trinajstić information content (AvgIpc) is 3.13. The fourth-order valence-electron chi connectivity index (χ4n) is 2.75. The highest BCUT2D eigenvalue weighted by molar-refractivity contribution is 6.03.